The summed E-state index contributed by atoms with van der Waals surface area (Å²) >= 11 is 0. The molecule has 1 aliphatic heterocycles. The van der Waals surface area contributed by atoms with Gasteiger partial charge in [-0.1, -0.05) is 12.1 Å². The molecular formula is C17H12FN3O. The summed E-state index contributed by atoms with van der Waals surface area (Å²) in [5, 5.41) is 2.74. The molecule has 108 valence electrons. The lowest BCUT2D eigenvalue weighted by Crippen LogP contribution is -2.04. The summed E-state index contributed by atoms with van der Waals surface area (Å²) in [4.78, 5) is 16.7. The lowest BCUT2D eigenvalue weighted by molar-refractivity contribution is -0.110. The Hall–Kier alpha value is -2.95. The number of para-hydroxylation sites is 2. The third-order valence-corrected chi connectivity index (χ3v) is 3.86. The smallest absolute Gasteiger partial charge is 0.256 e. The lowest BCUT2D eigenvalue weighted by atomic mass is 10.1. The highest BCUT2D eigenvalue weighted by Crippen LogP contribution is 2.33. The van der Waals surface area contributed by atoms with Gasteiger partial charge in [-0.25, -0.2) is 9.37 Å². The van der Waals surface area contributed by atoms with Crippen molar-refractivity contribution in [2.24, 2.45) is 7.05 Å². The third-order valence-electron chi connectivity index (χ3n) is 3.86. The number of hydrogen-bond donors (Lipinski definition) is 1. The van der Waals surface area contributed by atoms with Crippen LogP contribution in [0.15, 0.2) is 42.5 Å². The number of benzene rings is 2. The zero-order chi connectivity index (χ0) is 15.3. The van der Waals surface area contributed by atoms with Crippen molar-refractivity contribution in [3.63, 3.8) is 0 Å². The van der Waals surface area contributed by atoms with Crippen molar-refractivity contribution >= 4 is 34.3 Å². The van der Waals surface area contributed by atoms with Crippen molar-refractivity contribution in [2.45, 2.75) is 0 Å². The van der Waals surface area contributed by atoms with Gasteiger partial charge in [-0.2, -0.15) is 0 Å². The van der Waals surface area contributed by atoms with Gasteiger partial charge in [0.05, 0.1) is 16.6 Å². The summed E-state index contributed by atoms with van der Waals surface area (Å²) in [5.74, 6) is 0.0438. The highest BCUT2D eigenvalue weighted by molar-refractivity contribution is 6.34. The third kappa shape index (κ3) is 1.83. The number of anilines is 1. The number of rotatable bonds is 1. The molecule has 2 aromatic carbocycles. The molecule has 0 aliphatic carbocycles. The van der Waals surface area contributed by atoms with Gasteiger partial charge in [0, 0.05) is 18.3 Å². The van der Waals surface area contributed by atoms with Crippen LogP contribution in [0.25, 0.3) is 22.7 Å². The Labute approximate surface area is 125 Å². The fourth-order valence-corrected chi connectivity index (χ4v) is 2.73. The quantitative estimate of drug-likeness (QED) is 0.700. The summed E-state index contributed by atoms with van der Waals surface area (Å²) in [6, 6.07) is 12.0. The molecule has 0 radical (unpaired) electrons. The van der Waals surface area contributed by atoms with E-state index in [1.54, 1.807) is 12.1 Å². The van der Waals surface area contributed by atoms with Crippen LogP contribution in [0.2, 0.25) is 0 Å². The largest absolute Gasteiger partial charge is 0.328 e. The van der Waals surface area contributed by atoms with Crippen LogP contribution >= 0.6 is 0 Å². The molecule has 0 spiro atoms. The molecule has 4 nitrogen and oxygen atoms in total. The molecule has 0 unspecified atom stereocenters. The molecule has 0 bridgehead atoms. The Bertz CT molecular complexity index is 956. The second kappa shape index (κ2) is 4.53. The van der Waals surface area contributed by atoms with Gasteiger partial charge in [0.1, 0.15) is 11.6 Å². The number of nitrogens with zero attached hydrogens (tertiary/aromatic N) is 2. The topological polar surface area (TPSA) is 46.9 Å². The molecule has 22 heavy (non-hydrogen) atoms. The van der Waals surface area contributed by atoms with Crippen LogP contribution in [-0.2, 0) is 11.8 Å². The van der Waals surface area contributed by atoms with E-state index >= 15 is 0 Å². The second-order valence-electron chi connectivity index (χ2n) is 5.22. The van der Waals surface area contributed by atoms with E-state index in [4.69, 9.17) is 0 Å². The summed E-state index contributed by atoms with van der Waals surface area (Å²) in [5.41, 5.74) is 3.45. The van der Waals surface area contributed by atoms with Crippen molar-refractivity contribution in [1.29, 1.82) is 0 Å². The van der Waals surface area contributed by atoms with Crippen molar-refractivity contribution in [3.05, 3.63) is 59.7 Å². The van der Waals surface area contributed by atoms with Crippen LogP contribution in [-0.4, -0.2) is 15.5 Å². The molecule has 1 aromatic heterocycles. The van der Waals surface area contributed by atoms with Gasteiger partial charge in [-0.15, -0.1) is 0 Å². The fraction of sp³-hybridized carbons (Fsp3) is 0.0588. The van der Waals surface area contributed by atoms with E-state index < -0.39 is 0 Å². The van der Waals surface area contributed by atoms with Gasteiger partial charge in [0.15, 0.2) is 0 Å². The van der Waals surface area contributed by atoms with Crippen LogP contribution in [0, 0.1) is 5.82 Å². The Balaban J connectivity index is 1.91. The molecule has 2 heterocycles. The molecule has 5 heteroatoms. The maximum absolute atomic E-state index is 13.5. The first-order valence-corrected chi connectivity index (χ1v) is 6.88. The normalized spacial score (nSPS) is 15.4. The first-order chi connectivity index (χ1) is 10.6. The van der Waals surface area contributed by atoms with Crippen LogP contribution in [0.1, 0.15) is 11.4 Å². The maximum atomic E-state index is 13.5. The van der Waals surface area contributed by atoms with Crippen molar-refractivity contribution in [3.8, 4) is 0 Å². The number of aryl methyl sites for hydroxylation is 1. The van der Waals surface area contributed by atoms with Crippen LogP contribution < -0.4 is 5.32 Å². The van der Waals surface area contributed by atoms with Crippen molar-refractivity contribution in [2.75, 3.05) is 5.32 Å². The maximum Gasteiger partial charge on any atom is 0.256 e. The highest BCUT2D eigenvalue weighted by atomic mass is 19.1. The predicted molar refractivity (Wildman–Crippen MR) is 83.6 cm³/mol. The van der Waals surface area contributed by atoms with Gasteiger partial charge >= 0.3 is 0 Å². The minimum atomic E-state index is -0.369. The first-order valence-electron chi connectivity index (χ1n) is 6.88. The SMILES string of the molecule is Cn1c(/C=C2/C(=O)Nc3ccc(F)cc32)nc2ccccc21. The molecule has 3 aromatic rings. The molecule has 4 rings (SSSR count). The molecule has 1 aliphatic rings. The summed E-state index contributed by atoms with van der Waals surface area (Å²) in [7, 11) is 1.89. The average Bonchev–Trinajstić information content (AvgIpc) is 2.99. The van der Waals surface area contributed by atoms with E-state index in [1.165, 1.54) is 12.1 Å². The molecule has 0 saturated heterocycles. The predicted octanol–water partition coefficient (Wildman–Crippen LogP) is 3.21. The molecule has 1 N–H and O–H groups in total. The Morgan fingerprint density at radius 1 is 1.23 bits per heavy atom. The Morgan fingerprint density at radius 2 is 2.05 bits per heavy atom. The average molecular weight is 293 g/mol. The van der Waals surface area contributed by atoms with E-state index in [0.717, 1.165) is 11.0 Å². The number of nitrogens with one attached hydrogen (secondary N) is 1. The number of amides is 1. The number of carbonyl (C=O) groups is 1. The minimum Gasteiger partial charge on any atom is -0.328 e. The fourth-order valence-electron chi connectivity index (χ4n) is 2.73. The van der Waals surface area contributed by atoms with Gasteiger partial charge in [0.2, 0.25) is 0 Å². The van der Waals surface area contributed by atoms with E-state index in [9.17, 15) is 9.18 Å². The van der Waals surface area contributed by atoms with Gasteiger partial charge in [-0.05, 0) is 36.4 Å². The van der Waals surface area contributed by atoms with Gasteiger partial charge < -0.3 is 9.88 Å². The number of fused-ring (bicyclic) bond motifs is 2. The molecular weight excluding hydrogens is 281 g/mol. The van der Waals surface area contributed by atoms with Crippen LogP contribution in [0.5, 0.6) is 0 Å². The van der Waals surface area contributed by atoms with E-state index in [0.29, 0.717) is 22.6 Å². The molecule has 0 atom stereocenters. The van der Waals surface area contributed by atoms with Crippen LogP contribution in [0.4, 0.5) is 10.1 Å². The lowest BCUT2D eigenvalue weighted by Gasteiger charge is -2.00. The summed E-state index contributed by atoms with van der Waals surface area (Å²) in [6.07, 6.45) is 1.70. The monoisotopic (exact) mass is 293 g/mol. The van der Waals surface area contributed by atoms with E-state index in [-0.39, 0.29) is 11.7 Å². The molecule has 0 saturated carbocycles. The zero-order valence-electron chi connectivity index (χ0n) is 11.8. The standard InChI is InChI=1S/C17H12FN3O/c1-21-15-5-3-2-4-14(15)19-16(21)9-12-11-8-10(18)6-7-13(11)20-17(12)22/h2-9H,1H3,(H,20,22)/b12-9+. The van der Waals surface area contributed by atoms with Gasteiger partial charge in [-0.3, -0.25) is 4.79 Å². The molecule has 1 amide bonds. The van der Waals surface area contributed by atoms with Crippen molar-refractivity contribution in [1.82, 2.24) is 9.55 Å². The number of halogens is 1. The minimum absolute atomic E-state index is 0.243. The molecule has 0 fully saturated rings. The highest BCUT2D eigenvalue weighted by Gasteiger charge is 2.25. The van der Waals surface area contributed by atoms with Crippen molar-refractivity contribution < 1.29 is 9.18 Å². The second-order valence-corrected chi connectivity index (χ2v) is 5.22. The summed E-state index contributed by atoms with van der Waals surface area (Å²) < 4.78 is 15.4. The van der Waals surface area contributed by atoms with Gasteiger partial charge in [0.25, 0.3) is 5.91 Å². The number of carbonyl (C=O) groups excluding carboxylic acids is 1. The first kappa shape index (κ1) is 12.8. The summed E-state index contributed by atoms with van der Waals surface area (Å²) in [6.45, 7) is 0. The Kier molecular flexibility index (Phi) is 2.63. The van der Waals surface area contributed by atoms with E-state index in [2.05, 4.69) is 10.3 Å². The zero-order valence-corrected chi connectivity index (χ0v) is 11.8. The Morgan fingerprint density at radius 3 is 2.86 bits per heavy atom. The van der Waals surface area contributed by atoms with E-state index in [1.807, 2.05) is 35.9 Å². The van der Waals surface area contributed by atoms with Crippen LogP contribution in [0.3, 0.4) is 0 Å². The number of imidazole rings is 1. The number of aromatic nitrogens is 2. The number of hydrogen-bond acceptors (Lipinski definition) is 2.